The van der Waals surface area contributed by atoms with E-state index in [9.17, 15) is 0 Å². The zero-order chi connectivity index (χ0) is 9.72. The quantitative estimate of drug-likeness (QED) is 0.639. The summed E-state index contributed by atoms with van der Waals surface area (Å²) in [4.78, 5) is 0. The lowest BCUT2D eigenvalue weighted by atomic mass is 10.0. The van der Waals surface area contributed by atoms with E-state index in [-0.39, 0.29) is 0 Å². The van der Waals surface area contributed by atoms with Gasteiger partial charge in [-0.2, -0.15) is 0 Å². The molecule has 0 aromatic carbocycles. The molecule has 0 aliphatic rings. The molecule has 1 nitrogen and oxygen atoms in total. The van der Waals surface area contributed by atoms with Gasteiger partial charge in [-0.05, 0) is 38.3 Å². The van der Waals surface area contributed by atoms with E-state index in [1.807, 2.05) is 13.8 Å². The predicted molar refractivity (Wildman–Crippen MR) is 55.7 cm³/mol. The summed E-state index contributed by atoms with van der Waals surface area (Å²) in [6.07, 6.45) is 3.09. The first kappa shape index (κ1) is 11.0. The maximum absolute atomic E-state index is 5.70. The minimum absolute atomic E-state index is 0.901. The average molecular weight is 165 g/mol. The van der Waals surface area contributed by atoms with E-state index in [2.05, 4.69) is 26.5 Å². The minimum atomic E-state index is 0.901. The van der Waals surface area contributed by atoms with Gasteiger partial charge in [0, 0.05) is 5.70 Å². The molecule has 0 amide bonds. The van der Waals surface area contributed by atoms with E-state index in [1.54, 1.807) is 0 Å². The van der Waals surface area contributed by atoms with E-state index >= 15 is 0 Å². The van der Waals surface area contributed by atoms with Crippen LogP contribution in [-0.2, 0) is 0 Å². The van der Waals surface area contributed by atoms with Crippen molar-refractivity contribution in [3.63, 3.8) is 0 Å². The monoisotopic (exact) mass is 165 g/mol. The first-order valence-corrected chi connectivity index (χ1v) is 4.28. The van der Waals surface area contributed by atoms with Crippen molar-refractivity contribution in [2.24, 2.45) is 5.73 Å². The molecule has 0 aromatic heterocycles. The Hall–Kier alpha value is -0.980. The van der Waals surface area contributed by atoms with Gasteiger partial charge in [0.1, 0.15) is 0 Å². The van der Waals surface area contributed by atoms with Gasteiger partial charge in [-0.25, -0.2) is 0 Å². The van der Waals surface area contributed by atoms with Gasteiger partial charge in [-0.1, -0.05) is 25.2 Å². The highest BCUT2D eigenvalue weighted by atomic mass is 14.6. The van der Waals surface area contributed by atoms with E-state index < -0.39 is 0 Å². The van der Waals surface area contributed by atoms with Gasteiger partial charge in [0.05, 0.1) is 0 Å². The highest BCUT2D eigenvalue weighted by Gasteiger charge is 1.95. The molecule has 0 unspecified atom stereocenters. The fourth-order valence-electron chi connectivity index (χ4n) is 0.879. The van der Waals surface area contributed by atoms with Crippen LogP contribution in [0.15, 0.2) is 35.1 Å². The number of rotatable bonds is 3. The Bertz CT molecular complexity index is 227. The van der Waals surface area contributed by atoms with Crippen LogP contribution in [0.4, 0.5) is 0 Å². The molecule has 0 rings (SSSR count). The van der Waals surface area contributed by atoms with E-state index in [1.165, 1.54) is 11.1 Å². The number of nitrogens with two attached hydrogens (primary N) is 1. The van der Waals surface area contributed by atoms with Crippen molar-refractivity contribution < 1.29 is 0 Å². The molecule has 1 heteroatoms. The van der Waals surface area contributed by atoms with Crippen LogP contribution in [-0.4, -0.2) is 0 Å². The smallest absolute Gasteiger partial charge is 0.00814 e. The molecule has 68 valence electrons. The fourth-order valence-corrected chi connectivity index (χ4v) is 0.879. The minimum Gasteiger partial charge on any atom is -0.402 e. The topological polar surface area (TPSA) is 26.0 Å². The zero-order valence-electron chi connectivity index (χ0n) is 8.57. The van der Waals surface area contributed by atoms with Crippen LogP contribution in [0.25, 0.3) is 0 Å². The molecule has 0 aromatic rings. The molecule has 0 saturated carbocycles. The molecular weight excluding hydrogens is 146 g/mol. The Morgan fingerprint density at radius 2 is 1.83 bits per heavy atom. The Morgan fingerprint density at radius 3 is 2.08 bits per heavy atom. The van der Waals surface area contributed by atoms with Crippen molar-refractivity contribution in [2.45, 2.75) is 34.1 Å². The third kappa shape index (κ3) is 3.42. The van der Waals surface area contributed by atoms with E-state index in [4.69, 9.17) is 5.73 Å². The summed E-state index contributed by atoms with van der Waals surface area (Å²) in [5.41, 5.74) is 10.1. The highest BCUT2D eigenvalue weighted by Crippen LogP contribution is 2.13. The Kier molecular flexibility index (Phi) is 4.42. The third-order valence-electron chi connectivity index (χ3n) is 1.95. The predicted octanol–water partition coefficient (Wildman–Crippen LogP) is 3.15. The summed E-state index contributed by atoms with van der Waals surface area (Å²) in [6.45, 7) is 12.0. The van der Waals surface area contributed by atoms with Crippen LogP contribution in [0.5, 0.6) is 0 Å². The molecule has 0 radical (unpaired) electrons. The van der Waals surface area contributed by atoms with Crippen molar-refractivity contribution in [1.82, 2.24) is 0 Å². The van der Waals surface area contributed by atoms with E-state index in [0.29, 0.717) is 0 Å². The summed E-state index contributed by atoms with van der Waals surface area (Å²) in [7, 11) is 0. The number of hydrogen-bond donors (Lipinski definition) is 1. The van der Waals surface area contributed by atoms with Crippen LogP contribution >= 0.6 is 0 Å². The number of hydrogen-bond acceptors (Lipinski definition) is 1. The van der Waals surface area contributed by atoms with Gasteiger partial charge >= 0.3 is 0 Å². The lowest BCUT2D eigenvalue weighted by molar-refractivity contribution is 1.08. The van der Waals surface area contributed by atoms with Gasteiger partial charge in [0.25, 0.3) is 0 Å². The van der Waals surface area contributed by atoms with Crippen molar-refractivity contribution in [1.29, 1.82) is 0 Å². The lowest BCUT2D eigenvalue weighted by Crippen LogP contribution is -1.96. The molecule has 0 bridgehead atoms. The standard InChI is InChI=1S/C11H19N/c1-6-11(10(5)12)7-9(4)8(2)3/h7H,2,6,12H2,1,3-5H3/b9-7-,11-10-. The normalized spacial score (nSPS) is 14.2. The lowest BCUT2D eigenvalue weighted by Gasteiger charge is -2.04. The average Bonchev–Trinajstić information content (AvgIpc) is 1.98. The van der Waals surface area contributed by atoms with Crippen LogP contribution in [0.3, 0.4) is 0 Å². The van der Waals surface area contributed by atoms with Gasteiger partial charge in [-0.15, -0.1) is 0 Å². The Morgan fingerprint density at radius 1 is 1.33 bits per heavy atom. The van der Waals surface area contributed by atoms with Crippen molar-refractivity contribution in [2.75, 3.05) is 0 Å². The van der Waals surface area contributed by atoms with Gasteiger partial charge < -0.3 is 5.73 Å². The second-order valence-corrected chi connectivity index (χ2v) is 3.17. The summed E-state index contributed by atoms with van der Waals surface area (Å²) < 4.78 is 0. The molecule has 12 heavy (non-hydrogen) atoms. The molecule has 0 aliphatic heterocycles. The van der Waals surface area contributed by atoms with Crippen molar-refractivity contribution >= 4 is 0 Å². The van der Waals surface area contributed by atoms with Crippen molar-refractivity contribution in [3.8, 4) is 0 Å². The third-order valence-corrected chi connectivity index (χ3v) is 1.95. The molecule has 0 heterocycles. The molecule has 0 fully saturated rings. The molecular formula is C11H19N. The van der Waals surface area contributed by atoms with E-state index in [0.717, 1.165) is 17.7 Å². The maximum atomic E-state index is 5.70. The van der Waals surface area contributed by atoms with Crippen LogP contribution in [0.2, 0.25) is 0 Å². The fraction of sp³-hybridized carbons (Fsp3) is 0.455. The molecule has 0 spiro atoms. The summed E-state index contributed by atoms with van der Waals surface area (Å²) in [5.74, 6) is 0. The Labute approximate surface area is 75.7 Å². The largest absolute Gasteiger partial charge is 0.402 e. The molecule has 0 saturated heterocycles. The highest BCUT2D eigenvalue weighted by molar-refractivity contribution is 5.34. The molecule has 2 N–H and O–H groups in total. The second kappa shape index (κ2) is 4.81. The van der Waals surface area contributed by atoms with Crippen LogP contribution in [0.1, 0.15) is 34.1 Å². The second-order valence-electron chi connectivity index (χ2n) is 3.17. The first-order chi connectivity index (χ1) is 5.49. The first-order valence-electron chi connectivity index (χ1n) is 4.28. The Balaban J connectivity index is 4.72. The van der Waals surface area contributed by atoms with Crippen LogP contribution in [0, 0.1) is 0 Å². The summed E-state index contributed by atoms with van der Waals surface area (Å²) >= 11 is 0. The maximum Gasteiger partial charge on any atom is 0.00814 e. The zero-order valence-corrected chi connectivity index (χ0v) is 8.57. The summed E-state index contributed by atoms with van der Waals surface area (Å²) in [6, 6.07) is 0. The molecule has 0 atom stereocenters. The summed E-state index contributed by atoms with van der Waals surface area (Å²) in [5, 5.41) is 0. The number of allylic oxidation sites excluding steroid dienone is 5. The van der Waals surface area contributed by atoms with Crippen molar-refractivity contribution in [3.05, 3.63) is 35.1 Å². The van der Waals surface area contributed by atoms with Crippen LogP contribution < -0.4 is 5.73 Å². The van der Waals surface area contributed by atoms with Gasteiger partial charge in [0.15, 0.2) is 0 Å². The van der Waals surface area contributed by atoms with Gasteiger partial charge in [0.2, 0.25) is 0 Å². The SMILES string of the molecule is C=C(C)/C(C)=C\C(CC)=C(\C)N. The molecule has 0 aliphatic carbocycles. The van der Waals surface area contributed by atoms with Gasteiger partial charge in [-0.3, -0.25) is 0 Å².